The number of hydrogen-bond donors (Lipinski definition) is 1. The van der Waals surface area contributed by atoms with E-state index in [2.05, 4.69) is 60.6 Å². The first-order chi connectivity index (χ1) is 10.1. The van der Waals surface area contributed by atoms with Gasteiger partial charge in [0.15, 0.2) is 0 Å². The van der Waals surface area contributed by atoms with Crippen LogP contribution in [-0.2, 0) is 17.3 Å². The maximum absolute atomic E-state index is 9.45. The van der Waals surface area contributed by atoms with E-state index in [-0.39, 0.29) is 17.4 Å². The molecule has 0 aromatic heterocycles. The Labute approximate surface area is 136 Å². The monoisotopic (exact) mass is 306 g/mol. The van der Waals surface area contributed by atoms with Gasteiger partial charge in [0.05, 0.1) is 6.61 Å². The van der Waals surface area contributed by atoms with Crippen molar-refractivity contribution in [3.05, 3.63) is 28.8 Å². The van der Waals surface area contributed by atoms with Crippen LogP contribution in [0.2, 0.25) is 0 Å². The molecule has 1 aromatic carbocycles. The predicted molar refractivity (Wildman–Crippen MR) is 95.0 cm³/mol. The molecule has 2 nitrogen and oxygen atoms in total. The Morgan fingerprint density at radius 2 is 1.64 bits per heavy atom. The Hall–Kier alpha value is -1.02. The molecule has 0 aliphatic heterocycles. The summed E-state index contributed by atoms with van der Waals surface area (Å²) >= 11 is 0. The molecule has 1 rings (SSSR count). The number of benzene rings is 1. The van der Waals surface area contributed by atoms with Gasteiger partial charge in [0, 0.05) is 12.2 Å². The van der Waals surface area contributed by atoms with Crippen LogP contribution in [0.15, 0.2) is 12.1 Å². The molecule has 126 valence electrons. The lowest BCUT2D eigenvalue weighted by atomic mass is 9.78. The molecule has 0 saturated carbocycles. The summed E-state index contributed by atoms with van der Waals surface area (Å²) in [4.78, 5) is 0. The maximum atomic E-state index is 9.45. The predicted octanol–water partition coefficient (Wildman–Crippen LogP) is 5.00. The van der Waals surface area contributed by atoms with Gasteiger partial charge < -0.3 is 9.84 Å². The number of ether oxygens (including phenoxy) is 1. The topological polar surface area (TPSA) is 29.5 Å². The van der Waals surface area contributed by atoms with E-state index in [1.165, 1.54) is 11.1 Å². The lowest BCUT2D eigenvalue weighted by molar-refractivity contribution is 0.281. The highest BCUT2D eigenvalue weighted by atomic mass is 16.5. The van der Waals surface area contributed by atoms with Gasteiger partial charge in [-0.1, -0.05) is 67.0 Å². The Balaban J connectivity index is 3.41. The zero-order valence-electron chi connectivity index (χ0n) is 15.5. The SMILES string of the molecule is CCCCOc1c(CCO)cc(C(C)(C)C)cc1C(C)(C)C. The summed E-state index contributed by atoms with van der Waals surface area (Å²) in [5.41, 5.74) is 3.80. The van der Waals surface area contributed by atoms with Gasteiger partial charge >= 0.3 is 0 Å². The van der Waals surface area contributed by atoms with Crippen LogP contribution in [0.3, 0.4) is 0 Å². The van der Waals surface area contributed by atoms with Crippen molar-refractivity contribution in [3.63, 3.8) is 0 Å². The molecular formula is C20H34O2. The van der Waals surface area contributed by atoms with Crippen molar-refractivity contribution in [2.45, 2.75) is 78.6 Å². The Morgan fingerprint density at radius 3 is 2.09 bits per heavy atom. The summed E-state index contributed by atoms with van der Waals surface area (Å²) in [6, 6.07) is 4.51. The van der Waals surface area contributed by atoms with E-state index in [9.17, 15) is 5.11 Å². The van der Waals surface area contributed by atoms with Crippen molar-refractivity contribution in [1.82, 2.24) is 0 Å². The second-order valence-corrected chi connectivity index (χ2v) is 8.19. The van der Waals surface area contributed by atoms with Crippen molar-refractivity contribution in [3.8, 4) is 5.75 Å². The van der Waals surface area contributed by atoms with Gasteiger partial charge in [0.2, 0.25) is 0 Å². The minimum Gasteiger partial charge on any atom is -0.493 e. The minimum absolute atomic E-state index is 0.0208. The average molecular weight is 306 g/mol. The fourth-order valence-electron chi connectivity index (χ4n) is 2.47. The van der Waals surface area contributed by atoms with E-state index in [1.807, 2.05) is 0 Å². The van der Waals surface area contributed by atoms with Crippen LogP contribution in [0.4, 0.5) is 0 Å². The summed E-state index contributed by atoms with van der Waals surface area (Å²) in [7, 11) is 0. The molecule has 0 amide bonds. The molecule has 2 heteroatoms. The number of aliphatic hydroxyl groups excluding tert-OH is 1. The fourth-order valence-corrected chi connectivity index (χ4v) is 2.47. The summed E-state index contributed by atoms with van der Waals surface area (Å²) < 4.78 is 6.14. The van der Waals surface area contributed by atoms with Gasteiger partial charge in [-0.3, -0.25) is 0 Å². The summed E-state index contributed by atoms with van der Waals surface area (Å²) in [6.45, 7) is 16.4. The third-order valence-electron chi connectivity index (χ3n) is 3.97. The van der Waals surface area contributed by atoms with Crippen LogP contribution >= 0.6 is 0 Å². The average Bonchev–Trinajstić information content (AvgIpc) is 2.38. The molecule has 1 aromatic rings. The molecule has 0 atom stereocenters. The van der Waals surface area contributed by atoms with Crippen LogP contribution < -0.4 is 4.74 Å². The van der Waals surface area contributed by atoms with E-state index in [0.717, 1.165) is 30.8 Å². The number of aliphatic hydroxyl groups is 1. The zero-order chi connectivity index (χ0) is 17.0. The second-order valence-electron chi connectivity index (χ2n) is 8.19. The van der Waals surface area contributed by atoms with Gasteiger partial charge in [-0.15, -0.1) is 0 Å². The van der Waals surface area contributed by atoms with Crippen LogP contribution in [0.25, 0.3) is 0 Å². The van der Waals surface area contributed by atoms with E-state index in [1.54, 1.807) is 0 Å². The molecule has 0 spiro atoms. The lowest BCUT2D eigenvalue weighted by Gasteiger charge is -2.29. The third-order valence-corrected chi connectivity index (χ3v) is 3.97. The molecule has 0 radical (unpaired) electrons. The molecule has 0 unspecified atom stereocenters. The van der Waals surface area contributed by atoms with Gasteiger partial charge in [0.25, 0.3) is 0 Å². The Kier molecular flexibility index (Phi) is 6.49. The summed E-state index contributed by atoms with van der Waals surface area (Å²) in [5.74, 6) is 0.989. The molecule has 0 aliphatic rings. The van der Waals surface area contributed by atoms with Crippen molar-refractivity contribution in [2.75, 3.05) is 13.2 Å². The molecular weight excluding hydrogens is 272 g/mol. The van der Waals surface area contributed by atoms with Gasteiger partial charge in [-0.25, -0.2) is 0 Å². The van der Waals surface area contributed by atoms with Gasteiger partial charge in [0.1, 0.15) is 5.75 Å². The zero-order valence-corrected chi connectivity index (χ0v) is 15.5. The number of hydrogen-bond acceptors (Lipinski definition) is 2. The first-order valence-electron chi connectivity index (χ1n) is 8.52. The molecule has 1 N–H and O–H groups in total. The maximum Gasteiger partial charge on any atom is 0.126 e. The van der Waals surface area contributed by atoms with Gasteiger partial charge in [-0.2, -0.15) is 0 Å². The fraction of sp³-hybridized carbons (Fsp3) is 0.700. The summed E-state index contributed by atoms with van der Waals surface area (Å²) in [6.07, 6.45) is 2.83. The van der Waals surface area contributed by atoms with E-state index >= 15 is 0 Å². The second kappa shape index (κ2) is 7.50. The standard InChI is InChI=1S/C20H34O2/c1-8-9-12-22-18-15(10-11-21)13-16(19(2,3)4)14-17(18)20(5,6)7/h13-14,21H,8-12H2,1-7H3. The largest absolute Gasteiger partial charge is 0.493 e. The number of unbranched alkanes of at least 4 members (excludes halogenated alkanes) is 1. The molecule has 0 aliphatic carbocycles. The van der Waals surface area contributed by atoms with E-state index < -0.39 is 0 Å². The van der Waals surface area contributed by atoms with Crippen molar-refractivity contribution in [1.29, 1.82) is 0 Å². The quantitative estimate of drug-likeness (QED) is 0.750. The lowest BCUT2D eigenvalue weighted by Crippen LogP contribution is -2.19. The number of rotatable bonds is 6. The highest BCUT2D eigenvalue weighted by Gasteiger charge is 2.25. The molecule has 0 saturated heterocycles. The summed E-state index contributed by atoms with van der Waals surface area (Å²) in [5, 5.41) is 9.45. The van der Waals surface area contributed by atoms with Crippen LogP contribution in [0.1, 0.15) is 78.0 Å². The van der Waals surface area contributed by atoms with E-state index in [0.29, 0.717) is 6.42 Å². The molecule has 0 heterocycles. The molecule has 0 fully saturated rings. The van der Waals surface area contributed by atoms with Gasteiger partial charge in [-0.05, 0) is 34.8 Å². The highest BCUT2D eigenvalue weighted by Crippen LogP contribution is 2.38. The van der Waals surface area contributed by atoms with E-state index in [4.69, 9.17) is 4.74 Å². The van der Waals surface area contributed by atoms with Crippen LogP contribution in [0, 0.1) is 0 Å². The Morgan fingerprint density at radius 1 is 1.00 bits per heavy atom. The third kappa shape index (κ3) is 5.01. The minimum atomic E-state index is 0.0208. The van der Waals surface area contributed by atoms with Crippen molar-refractivity contribution >= 4 is 0 Å². The highest BCUT2D eigenvalue weighted by molar-refractivity contribution is 5.49. The molecule has 0 bridgehead atoms. The van der Waals surface area contributed by atoms with Crippen molar-refractivity contribution in [2.24, 2.45) is 0 Å². The first-order valence-corrected chi connectivity index (χ1v) is 8.52. The smallest absolute Gasteiger partial charge is 0.126 e. The Bertz CT molecular complexity index is 476. The van der Waals surface area contributed by atoms with Crippen molar-refractivity contribution < 1.29 is 9.84 Å². The normalized spacial score (nSPS) is 12.5. The van der Waals surface area contributed by atoms with Crippen LogP contribution in [0.5, 0.6) is 5.75 Å². The van der Waals surface area contributed by atoms with Crippen LogP contribution in [-0.4, -0.2) is 18.3 Å². The first kappa shape index (κ1) is 19.0. The molecule has 22 heavy (non-hydrogen) atoms.